The van der Waals surface area contributed by atoms with Crippen LogP contribution in [0.15, 0.2) is 18.2 Å². The van der Waals surface area contributed by atoms with Crippen molar-refractivity contribution in [2.24, 2.45) is 5.73 Å². The standard InChI is InChI=1S/C12H20N2O/c1-12(2,3)14-11-7-10(15-4)6-5-9(11)8-13/h5-7,14H,8,13H2,1-4H3. The zero-order valence-electron chi connectivity index (χ0n) is 9.92. The summed E-state index contributed by atoms with van der Waals surface area (Å²) in [4.78, 5) is 0. The van der Waals surface area contributed by atoms with E-state index in [0.29, 0.717) is 6.54 Å². The van der Waals surface area contributed by atoms with Gasteiger partial charge in [-0.1, -0.05) is 6.07 Å². The molecule has 84 valence electrons. The highest BCUT2D eigenvalue weighted by Crippen LogP contribution is 2.24. The fourth-order valence-electron chi connectivity index (χ4n) is 1.38. The summed E-state index contributed by atoms with van der Waals surface area (Å²) in [6.07, 6.45) is 0. The average molecular weight is 208 g/mol. The fraction of sp³-hybridized carbons (Fsp3) is 0.500. The van der Waals surface area contributed by atoms with Crippen molar-refractivity contribution in [3.63, 3.8) is 0 Å². The molecule has 0 unspecified atom stereocenters. The van der Waals surface area contributed by atoms with Gasteiger partial charge in [0.05, 0.1) is 7.11 Å². The van der Waals surface area contributed by atoms with E-state index in [2.05, 4.69) is 26.1 Å². The third-order valence-electron chi connectivity index (χ3n) is 2.05. The Bertz CT molecular complexity index is 329. The van der Waals surface area contributed by atoms with E-state index in [1.54, 1.807) is 7.11 Å². The molecule has 0 saturated carbocycles. The van der Waals surface area contributed by atoms with Crippen molar-refractivity contribution in [1.29, 1.82) is 0 Å². The summed E-state index contributed by atoms with van der Waals surface area (Å²) in [5.41, 5.74) is 7.85. The second kappa shape index (κ2) is 4.53. The van der Waals surface area contributed by atoms with Crippen LogP contribution in [0.5, 0.6) is 5.75 Å². The van der Waals surface area contributed by atoms with Gasteiger partial charge in [0.25, 0.3) is 0 Å². The zero-order valence-corrected chi connectivity index (χ0v) is 9.92. The molecule has 3 N–H and O–H groups in total. The van der Waals surface area contributed by atoms with E-state index in [4.69, 9.17) is 10.5 Å². The second-order valence-corrected chi connectivity index (χ2v) is 4.60. The third kappa shape index (κ3) is 3.44. The number of ether oxygens (including phenoxy) is 1. The number of anilines is 1. The van der Waals surface area contributed by atoms with Crippen molar-refractivity contribution < 1.29 is 4.74 Å². The number of benzene rings is 1. The van der Waals surface area contributed by atoms with Crippen molar-refractivity contribution in [3.05, 3.63) is 23.8 Å². The van der Waals surface area contributed by atoms with E-state index >= 15 is 0 Å². The summed E-state index contributed by atoms with van der Waals surface area (Å²) < 4.78 is 5.19. The van der Waals surface area contributed by atoms with Crippen LogP contribution in [0.25, 0.3) is 0 Å². The van der Waals surface area contributed by atoms with Crippen LogP contribution in [0.2, 0.25) is 0 Å². The summed E-state index contributed by atoms with van der Waals surface area (Å²) in [7, 11) is 1.67. The topological polar surface area (TPSA) is 47.3 Å². The molecule has 0 atom stereocenters. The van der Waals surface area contributed by atoms with Crippen LogP contribution in [0, 0.1) is 0 Å². The van der Waals surface area contributed by atoms with Crippen molar-refractivity contribution in [2.75, 3.05) is 12.4 Å². The maximum absolute atomic E-state index is 5.68. The van der Waals surface area contributed by atoms with Gasteiger partial charge in [0, 0.05) is 23.8 Å². The van der Waals surface area contributed by atoms with E-state index in [0.717, 1.165) is 17.0 Å². The Kier molecular flexibility index (Phi) is 3.58. The first-order chi connectivity index (χ1) is 6.96. The summed E-state index contributed by atoms with van der Waals surface area (Å²) in [5.74, 6) is 0.846. The molecule has 0 heterocycles. The quantitative estimate of drug-likeness (QED) is 0.801. The molecule has 1 aromatic rings. The van der Waals surface area contributed by atoms with Crippen LogP contribution >= 0.6 is 0 Å². The Morgan fingerprint density at radius 3 is 2.47 bits per heavy atom. The Hall–Kier alpha value is -1.22. The van der Waals surface area contributed by atoms with Gasteiger partial charge in [-0.25, -0.2) is 0 Å². The van der Waals surface area contributed by atoms with Gasteiger partial charge in [-0.05, 0) is 32.4 Å². The summed E-state index contributed by atoms with van der Waals surface area (Å²) in [6, 6.07) is 5.90. The predicted octanol–water partition coefficient (Wildman–Crippen LogP) is 2.36. The minimum Gasteiger partial charge on any atom is -0.497 e. The fourth-order valence-corrected chi connectivity index (χ4v) is 1.38. The third-order valence-corrected chi connectivity index (χ3v) is 2.05. The monoisotopic (exact) mass is 208 g/mol. The van der Waals surface area contributed by atoms with Crippen molar-refractivity contribution in [1.82, 2.24) is 0 Å². The first-order valence-electron chi connectivity index (χ1n) is 5.11. The van der Waals surface area contributed by atoms with Crippen molar-refractivity contribution in [3.8, 4) is 5.75 Å². The molecule has 0 aromatic heterocycles. The first-order valence-corrected chi connectivity index (χ1v) is 5.11. The minimum absolute atomic E-state index is 0.0241. The lowest BCUT2D eigenvalue weighted by Crippen LogP contribution is -2.27. The highest BCUT2D eigenvalue weighted by atomic mass is 16.5. The van der Waals surface area contributed by atoms with E-state index in [1.807, 2.05) is 18.2 Å². The highest BCUT2D eigenvalue weighted by molar-refractivity contribution is 5.56. The lowest BCUT2D eigenvalue weighted by molar-refractivity contribution is 0.414. The number of nitrogens with two attached hydrogens (primary N) is 1. The molecular weight excluding hydrogens is 188 g/mol. The lowest BCUT2D eigenvalue weighted by atomic mass is 10.1. The second-order valence-electron chi connectivity index (χ2n) is 4.60. The highest BCUT2D eigenvalue weighted by Gasteiger charge is 2.12. The molecule has 3 heteroatoms. The average Bonchev–Trinajstić information content (AvgIpc) is 2.15. The maximum Gasteiger partial charge on any atom is 0.120 e. The molecule has 0 radical (unpaired) electrons. The zero-order chi connectivity index (χ0) is 11.5. The Morgan fingerprint density at radius 2 is 2.00 bits per heavy atom. The smallest absolute Gasteiger partial charge is 0.120 e. The van der Waals surface area contributed by atoms with Crippen LogP contribution in [0.1, 0.15) is 26.3 Å². The molecule has 0 aliphatic heterocycles. The molecule has 0 saturated heterocycles. The van der Waals surface area contributed by atoms with Crippen LogP contribution in [-0.2, 0) is 6.54 Å². The predicted molar refractivity (Wildman–Crippen MR) is 64.3 cm³/mol. The molecule has 0 amide bonds. The van der Waals surface area contributed by atoms with E-state index in [1.165, 1.54) is 0 Å². The molecule has 3 nitrogen and oxygen atoms in total. The van der Waals surface area contributed by atoms with E-state index < -0.39 is 0 Å². The number of rotatable bonds is 3. The summed E-state index contributed by atoms with van der Waals surface area (Å²) in [5, 5.41) is 3.42. The summed E-state index contributed by atoms with van der Waals surface area (Å²) in [6.45, 7) is 6.88. The SMILES string of the molecule is COc1ccc(CN)c(NC(C)(C)C)c1. The molecule has 0 aliphatic carbocycles. The van der Waals surface area contributed by atoms with E-state index in [-0.39, 0.29) is 5.54 Å². The maximum atomic E-state index is 5.68. The number of methoxy groups -OCH3 is 1. The Morgan fingerprint density at radius 1 is 1.33 bits per heavy atom. The van der Waals surface area contributed by atoms with Crippen LogP contribution < -0.4 is 15.8 Å². The molecule has 15 heavy (non-hydrogen) atoms. The first kappa shape index (κ1) is 11.9. The minimum atomic E-state index is 0.0241. The largest absolute Gasteiger partial charge is 0.497 e. The van der Waals surface area contributed by atoms with Crippen molar-refractivity contribution >= 4 is 5.69 Å². The number of nitrogens with one attached hydrogen (secondary N) is 1. The van der Waals surface area contributed by atoms with Gasteiger partial charge in [-0.15, -0.1) is 0 Å². The Balaban J connectivity index is 3.01. The van der Waals surface area contributed by atoms with Gasteiger partial charge >= 0.3 is 0 Å². The van der Waals surface area contributed by atoms with Gasteiger partial charge in [0.1, 0.15) is 5.75 Å². The van der Waals surface area contributed by atoms with Crippen LogP contribution in [-0.4, -0.2) is 12.6 Å². The number of hydrogen-bond acceptors (Lipinski definition) is 3. The van der Waals surface area contributed by atoms with Gasteiger partial charge in [-0.3, -0.25) is 0 Å². The molecule has 0 aliphatic rings. The summed E-state index contributed by atoms with van der Waals surface area (Å²) >= 11 is 0. The van der Waals surface area contributed by atoms with Crippen molar-refractivity contribution in [2.45, 2.75) is 32.9 Å². The lowest BCUT2D eigenvalue weighted by Gasteiger charge is -2.24. The van der Waals surface area contributed by atoms with Gasteiger partial charge in [-0.2, -0.15) is 0 Å². The molecule has 0 spiro atoms. The van der Waals surface area contributed by atoms with Crippen LogP contribution in [0.3, 0.4) is 0 Å². The molecule has 1 rings (SSSR count). The van der Waals surface area contributed by atoms with Gasteiger partial charge in [0.15, 0.2) is 0 Å². The molecule has 1 aromatic carbocycles. The van der Waals surface area contributed by atoms with E-state index in [9.17, 15) is 0 Å². The van der Waals surface area contributed by atoms with Crippen LogP contribution in [0.4, 0.5) is 5.69 Å². The normalized spacial score (nSPS) is 11.3. The molecular formula is C12H20N2O. The van der Waals surface area contributed by atoms with Gasteiger partial charge in [0.2, 0.25) is 0 Å². The molecule has 0 fully saturated rings. The Labute approximate surface area is 91.6 Å². The molecule has 0 bridgehead atoms. The van der Waals surface area contributed by atoms with Gasteiger partial charge < -0.3 is 15.8 Å². The number of hydrogen-bond donors (Lipinski definition) is 2.